The van der Waals surface area contributed by atoms with Gasteiger partial charge in [-0.1, -0.05) is 0 Å². The van der Waals surface area contributed by atoms with Crippen molar-refractivity contribution in [1.82, 2.24) is 0 Å². The van der Waals surface area contributed by atoms with Gasteiger partial charge in [-0.3, -0.25) is 0 Å². The van der Waals surface area contributed by atoms with Gasteiger partial charge in [-0.05, 0) is 24.6 Å². The fourth-order valence-electron chi connectivity index (χ4n) is 2.48. The lowest BCUT2D eigenvalue weighted by Crippen LogP contribution is -2.35. The van der Waals surface area contributed by atoms with Crippen molar-refractivity contribution in [3.63, 3.8) is 0 Å². The minimum atomic E-state index is -1.28. The number of hydrogen-bond donors (Lipinski definition) is 3. The molecule has 1 unspecified atom stereocenters. The molecule has 0 amide bonds. The van der Waals surface area contributed by atoms with Gasteiger partial charge in [-0.15, -0.1) is 0 Å². The van der Waals surface area contributed by atoms with Gasteiger partial charge in [0, 0.05) is 17.5 Å². The number of ether oxygens (including phenoxy) is 2. The molecule has 22 heavy (non-hydrogen) atoms. The largest absolute Gasteiger partial charge is 0.462 e. The van der Waals surface area contributed by atoms with Crippen LogP contribution in [0.15, 0.2) is 33.5 Å². The first-order chi connectivity index (χ1) is 10.5. The molecular formula is C15H16O7. The number of hydrogen-bond acceptors (Lipinski definition) is 7. The molecule has 1 fully saturated rings. The number of aliphatic hydroxyl groups excluding tert-OH is 3. The van der Waals surface area contributed by atoms with Crippen LogP contribution in [0.4, 0.5) is 0 Å². The van der Waals surface area contributed by atoms with E-state index in [1.54, 1.807) is 19.1 Å². The minimum absolute atomic E-state index is 0.316. The molecule has 0 spiro atoms. The van der Waals surface area contributed by atoms with E-state index in [0.717, 1.165) is 10.9 Å². The molecule has 0 aliphatic carbocycles. The van der Waals surface area contributed by atoms with E-state index in [2.05, 4.69) is 0 Å². The van der Waals surface area contributed by atoms with Gasteiger partial charge >= 0.3 is 5.63 Å². The first-order valence-corrected chi connectivity index (χ1v) is 6.83. The first-order valence-electron chi connectivity index (χ1n) is 6.83. The summed E-state index contributed by atoms with van der Waals surface area (Å²) in [6.07, 6.45) is -4.52. The molecule has 3 N–H and O–H groups in total. The fraction of sp³-hybridized carbons (Fsp3) is 0.400. The zero-order chi connectivity index (χ0) is 15.9. The van der Waals surface area contributed by atoms with Crippen LogP contribution in [0.25, 0.3) is 11.0 Å². The van der Waals surface area contributed by atoms with Crippen molar-refractivity contribution in [2.75, 3.05) is 6.61 Å². The van der Waals surface area contributed by atoms with E-state index in [9.17, 15) is 15.0 Å². The highest BCUT2D eigenvalue weighted by Gasteiger charge is 2.43. The second kappa shape index (κ2) is 5.69. The van der Waals surface area contributed by atoms with Crippen LogP contribution in [0.2, 0.25) is 0 Å². The van der Waals surface area contributed by atoms with Crippen LogP contribution < -0.4 is 10.4 Å². The SMILES string of the molecule is Cc1cc(=O)oc2cc(OC3O[C@H](CO)[C@@H](O)[C@H]3O)ccc12. The summed E-state index contributed by atoms with van der Waals surface area (Å²) >= 11 is 0. The van der Waals surface area contributed by atoms with E-state index in [4.69, 9.17) is 19.0 Å². The zero-order valence-corrected chi connectivity index (χ0v) is 11.8. The number of benzene rings is 1. The molecule has 7 heteroatoms. The molecule has 0 saturated carbocycles. The summed E-state index contributed by atoms with van der Waals surface area (Å²) in [5.41, 5.74) is 0.676. The lowest BCUT2D eigenvalue weighted by Gasteiger charge is -2.17. The highest BCUT2D eigenvalue weighted by atomic mass is 16.7. The predicted octanol–water partition coefficient (Wildman–Crippen LogP) is -0.0808. The third-order valence-corrected chi connectivity index (χ3v) is 3.67. The Bertz CT molecular complexity index is 738. The van der Waals surface area contributed by atoms with E-state index in [-0.39, 0.29) is 0 Å². The van der Waals surface area contributed by atoms with Crippen molar-refractivity contribution < 1.29 is 29.2 Å². The van der Waals surface area contributed by atoms with Crippen LogP contribution in [-0.4, -0.2) is 46.5 Å². The van der Waals surface area contributed by atoms with Crippen LogP contribution in [0.1, 0.15) is 5.56 Å². The van der Waals surface area contributed by atoms with Crippen molar-refractivity contribution in [3.8, 4) is 5.75 Å². The first kappa shape index (κ1) is 15.0. The maximum absolute atomic E-state index is 11.4. The summed E-state index contributed by atoms with van der Waals surface area (Å²) in [6, 6.07) is 6.28. The van der Waals surface area contributed by atoms with Crippen LogP contribution >= 0.6 is 0 Å². The number of rotatable bonds is 3. The van der Waals surface area contributed by atoms with Gasteiger partial charge in [-0.25, -0.2) is 4.79 Å². The van der Waals surface area contributed by atoms with Crippen LogP contribution in [-0.2, 0) is 4.74 Å². The third kappa shape index (κ3) is 2.59. The van der Waals surface area contributed by atoms with Crippen LogP contribution in [0.5, 0.6) is 5.75 Å². The van der Waals surface area contributed by atoms with Crippen molar-refractivity contribution in [2.45, 2.75) is 31.5 Å². The molecule has 1 aliphatic rings. The lowest BCUT2D eigenvalue weighted by atomic mass is 10.1. The van der Waals surface area contributed by atoms with Gasteiger partial charge in [0.15, 0.2) is 0 Å². The quantitative estimate of drug-likeness (QED) is 0.680. The monoisotopic (exact) mass is 308 g/mol. The van der Waals surface area contributed by atoms with Gasteiger partial charge in [-0.2, -0.15) is 0 Å². The summed E-state index contributed by atoms with van der Waals surface area (Å²) in [5.74, 6) is 0.316. The highest BCUT2D eigenvalue weighted by molar-refractivity contribution is 5.81. The normalized spacial score (nSPS) is 28.2. The molecule has 1 aromatic carbocycles. The molecule has 0 radical (unpaired) electrons. The number of aliphatic hydroxyl groups is 3. The summed E-state index contributed by atoms with van der Waals surface area (Å²) in [4.78, 5) is 11.4. The van der Waals surface area contributed by atoms with Crippen LogP contribution in [0, 0.1) is 6.92 Å². The molecule has 7 nitrogen and oxygen atoms in total. The maximum atomic E-state index is 11.4. The van der Waals surface area contributed by atoms with Gasteiger partial charge in [0.05, 0.1) is 6.61 Å². The summed E-state index contributed by atoms with van der Waals surface area (Å²) in [7, 11) is 0. The molecule has 2 aromatic rings. The second-order valence-electron chi connectivity index (χ2n) is 5.23. The summed E-state index contributed by atoms with van der Waals surface area (Å²) in [6.45, 7) is 1.37. The van der Waals surface area contributed by atoms with Gasteiger partial charge < -0.3 is 29.2 Å². The number of fused-ring (bicyclic) bond motifs is 1. The van der Waals surface area contributed by atoms with Crippen molar-refractivity contribution in [1.29, 1.82) is 0 Å². The summed E-state index contributed by atoms with van der Waals surface area (Å²) < 4.78 is 15.8. The van der Waals surface area contributed by atoms with Crippen molar-refractivity contribution in [3.05, 3.63) is 40.2 Å². The molecule has 0 bridgehead atoms. The molecular weight excluding hydrogens is 292 g/mol. The van der Waals surface area contributed by atoms with E-state index in [0.29, 0.717) is 11.3 Å². The van der Waals surface area contributed by atoms with E-state index in [1.165, 1.54) is 12.1 Å². The third-order valence-electron chi connectivity index (χ3n) is 3.67. The minimum Gasteiger partial charge on any atom is -0.462 e. The van der Waals surface area contributed by atoms with Gasteiger partial charge in [0.2, 0.25) is 6.29 Å². The molecule has 118 valence electrons. The standard InChI is InChI=1S/C15H16O7/c1-7-4-12(17)21-10-5-8(2-3-9(7)10)20-15-14(19)13(18)11(6-16)22-15/h2-5,11,13-16,18-19H,6H2,1H3/t11-,13-,14-,15?/m1/s1. The zero-order valence-electron chi connectivity index (χ0n) is 11.8. The van der Waals surface area contributed by atoms with Gasteiger partial charge in [0.1, 0.15) is 29.6 Å². The van der Waals surface area contributed by atoms with E-state index in [1.807, 2.05) is 0 Å². The maximum Gasteiger partial charge on any atom is 0.336 e. The number of aryl methyl sites for hydroxylation is 1. The van der Waals surface area contributed by atoms with Crippen LogP contribution in [0.3, 0.4) is 0 Å². The Morgan fingerprint density at radius 1 is 1.23 bits per heavy atom. The highest BCUT2D eigenvalue weighted by Crippen LogP contribution is 2.27. The average molecular weight is 308 g/mol. The Morgan fingerprint density at radius 3 is 2.68 bits per heavy atom. The Labute approximate surface area is 125 Å². The average Bonchev–Trinajstić information content (AvgIpc) is 2.74. The Morgan fingerprint density at radius 2 is 2.00 bits per heavy atom. The molecule has 2 heterocycles. The lowest BCUT2D eigenvalue weighted by molar-refractivity contribution is -0.116. The molecule has 1 aliphatic heterocycles. The topological polar surface area (TPSA) is 109 Å². The predicted molar refractivity (Wildman–Crippen MR) is 75.6 cm³/mol. The van der Waals surface area contributed by atoms with E-state index < -0.39 is 36.8 Å². The fourth-order valence-corrected chi connectivity index (χ4v) is 2.48. The van der Waals surface area contributed by atoms with Gasteiger partial charge in [0.25, 0.3) is 0 Å². The molecule has 4 atom stereocenters. The molecule has 1 saturated heterocycles. The Balaban J connectivity index is 1.87. The smallest absolute Gasteiger partial charge is 0.336 e. The van der Waals surface area contributed by atoms with Crippen molar-refractivity contribution >= 4 is 11.0 Å². The summed E-state index contributed by atoms with van der Waals surface area (Å²) in [5, 5.41) is 29.3. The van der Waals surface area contributed by atoms with Crippen molar-refractivity contribution in [2.24, 2.45) is 0 Å². The molecule has 1 aromatic heterocycles. The van der Waals surface area contributed by atoms with E-state index >= 15 is 0 Å². The Kier molecular flexibility index (Phi) is 3.88. The molecule has 3 rings (SSSR count). The second-order valence-corrected chi connectivity index (χ2v) is 5.23. The Hall–Kier alpha value is -1.93.